The first-order chi connectivity index (χ1) is 10.4. The molecule has 0 aliphatic carbocycles. The van der Waals surface area contributed by atoms with Crippen LogP contribution in [-0.4, -0.2) is 107 Å². The van der Waals surface area contributed by atoms with Crippen molar-refractivity contribution in [3.05, 3.63) is 0 Å². The summed E-state index contributed by atoms with van der Waals surface area (Å²) in [6.45, 7) is 1.96. The molecule has 0 radical (unpaired) electrons. The van der Waals surface area contributed by atoms with Crippen LogP contribution in [0, 0.1) is 0 Å². The molecule has 0 aromatic heterocycles. The van der Waals surface area contributed by atoms with Crippen molar-refractivity contribution >= 4 is 5.91 Å². The molecule has 132 valence electrons. The van der Waals surface area contributed by atoms with Gasteiger partial charge in [-0.3, -0.25) is 9.69 Å². The normalized spacial score (nSPS) is 17.1. The van der Waals surface area contributed by atoms with E-state index in [4.69, 9.17) is 21.7 Å². The maximum absolute atomic E-state index is 11.7. The van der Waals surface area contributed by atoms with Crippen molar-refractivity contribution in [1.29, 1.82) is 0 Å². The first-order valence-electron chi connectivity index (χ1n) is 7.12. The molecule has 0 rings (SSSR count). The number of hydrogen-bond donors (Lipinski definition) is 8. The monoisotopic (exact) mass is 324 g/mol. The van der Waals surface area contributed by atoms with Crippen molar-refractivity contribution in [3.8, 4) is 0 Å². The van der Waals surface area contributed by atoms with Crippen LogP contribution in [0.1, 0.15) is 0 Å². The molecule has 0 saturated heterocycles. The van der Waals surface area contributed by atoms with Gasteiger partial charge in [0.05, 0.1) is 6.61 Å². The number of nitrogens with zero attached hydrogens (tertiary/aromatic N) is 1. The van der Waals surface area contributed by atoms with Gasteiger partial charge in [0.25, 0.3) is 5.91 Å². The topological polar surface area (TPSA) is 186 Å². The average Bonchev–Trinajstić information content (AvgIpc) is 2.52. The highest BCUT2D eigenvalue weighted by molar-refractivity contribution is 5.81. The van der Waals surface area contributed by atoms with E-state index in [0.29, 0.717) is 32.7 Å². The highest BCUT2D eigenvalue weighted by atomic mass is 16.4. The van der Waals surface area contributed by atoms with Gasteiger partial charge in [-0.05, 0) is 0 Å². The highest BCUT2D eigenvalue weighted by Crippen LogP contribution is 2.05. The molecule has 0 unspecified atom stereocenters. The molecule has 0 aliphatic rings. The summed E-state index contributed by atoms with van der Waals surface area (Å²) in [5, 5.41) is 48.8. The van der Waals surface area contributed by atoms with Gasteiger partial charge in [-0.2, -0.15) is 0 Å². The zero-order chi connectivity index (χ0) is 17.1. The molecule has 0 bridgehead atoms. The van der Waals surface area contributed by atoms with E-state index in [1.54, 1.807) is 0 Å². The molecule has 0 saturated carbocycles. The summed E-state index contributed by atoms with van der Waals surface area (Å²) in [6, 6.07) is 0. The molecule has 0 aromatic carbocycles. The fourth-order valence-corrected chi connectivity index (χ4v) is 1.82. The SMILES string of the molecule is NCCN(CCN)CCNC(=O)[C@H](O)[C@@H](O)[C@H](O)[C@H](O)CO. The van der Waals surface area contributed by atoms with Crippen LogP contribution >= 0.6 is 0 Å². The Bertz CT molecular complexity index is 303. The molecule has 0 aliphatic heterocycles. The minimum absolute atomic E-state index is 0.196. The average molecular weight is 324 g/mol. The van der Waals surface area contributed by atoms with Crippen molar-refractivity contribution in [2.75, 3.05) is 45.9 Å². The molecule has 0 spiro atoms. The lowest BCUT2D eigenvalue weighted by molar-refractivity contribution is -0.148. The Morgan fingerprint density at radius 2 is 1.55 bits per heavy atom. The summed E-state index contributed by atoms with van der Waals surface area (Å²) in [7, 11) is 0. The number of carbonyl (C=O) groups excluding carboxylic acids is 1. The molecule has 22 heavy (non-hydrogen) atoms. The van der Waals surface area contributed by atoms with Gasteiger partial charge in [-0.25, -0.2) is 0 Å². The summed E-state index contributed by atoms with van der Waals surface area (Å²) < 4.78 is 0. The Balaban J connectivity index is 4.24. The quantitative estimate of drug-likeness (QED) is 0.174. The van der Waals surface area contributed by atoms with Crippen molar-refractivity contribution in [1.82, 2.24) is 10.2 Å². The van der Waals surface area contributed by atoms with E-state index in [1.807, 2.05) is 4.90 Å². The van der Waals surface area contributed by atoms with Gasteiger partial charge in [0, 0.05) is 39.3 Å². The van der Waals surface area contributed by atoms with Crippen LogP contribution in [0.2, 0.25) is 0 Å². The van der Waals surface area contributed by atoms with Crippen LogP contribution in [0.5, 0.6) is 0 Å². The Morgan fingerprint density at radius 3 is 2.00 bits per heavy atom. The first kappa shape index (κ1) is 21.1. The van der Waals surface area contributed by atoms with Crippen LogP contribution in [0.15, 0.2) is 0 Å². The number of amides is 1. The van der Waals surface area contributed by atoms with E-state index >= 15 is 0 Å². The van der Waals surface area contributed by atoms with Gasteiger partial charge in [0.2, 0.25) is 0 Å². The third-order valence-corrected chi connectivity index (χ3v) is 3.14. The third kappa shape index (κ3) is 7.42. The van der Waals surface area contributed by atoms with E-state index < -0.39 is 36.9 Å². The maximum atomic E-state index is 11.7. The molecular weight excluding hydrogens is 296 g/mol. The fourth-order valence-electron chi connectivity index (χ4n) is 1.82. The smallest absolute Gasteiger partial charge is 0.251 e. The lowest BCUT2D eigenvalue weighted by atomic mass is 10.0. The van der Waals surface area contributed by atoms with Crippen molar-refractivity contribution < 1.29 is 30.3 Å². The zero-order valence-corrected chi connectivity index (χ0v) is 12.5. The Morgan fingerprint density at radius 1 is 1.00 bits per heavy atom. The van der Waals surface area contributed by atoms with Gasteiger partial charge in [-0.15, -0.1) is 0 Å². The minimum Gasteiger partial charge on any atom is -0.394 e. The first-order valence-corrected chi connectivity index (χ1v) is 7.12. The number of aliphatic hydroxyl groups is 5. The number of aliphatic hydroxyl groups excluding tert-OH is 5. The summed E-state index contributed by atoms with van der Waals surface area (Å²) in [4.78, 5) is 13.6. The van der Waals surface area contributed by atoms with Crippen LogP contribution in [0.4, 0.5) is 0 Å². The van der Waals surface area contributed by atoms with Gasteiger partial charge >= 0.3 is 0 Å². The van der Waals surface area contributed by atoms with Gasteiger partial charge in [0.15, 0.2) is 6.10 Å². The zero-order valence-electron chi connectivity index (χ0n) is 12.5. The largest absolute Gasteiger partial charge is 0.394 e. The van der Waals surface area contributed by atoms with E-state index in [2.05, 4.69) is 5.32 Å². The lowest BCUT2D eigenvalue weighted by Gasteiger charge is -2.25. The molecule has 10 heteroatoms. The molecule has 10 N–H and O–H groups in total. The van der Waals surface area contributed by atoms with Crippen LogP contribution in [0.25, 0.3) is 0 Å². The Labute approximate surface area is 129 Å². The molecule has 4 atom stereocenters. The summed E-state index contributed by atoms with van der Waals surface area (Å²) >= 11 is 0. The van der Waals surface area contributed by atoms with E-state index in [-0.39, 0.29) is 6.54 Å². The number of rotatable bonds is 12. The number of nitrogens with one attached hydrogen (secondary N) is 1. The molecule has 0 fully saturated rings. The fraction of sp³-hybridized carbons (Fsp3) is 0.917. The molecule has 0 aromatic rings. The third-order valence-electron chi connectivity index (χ3n) is 3.14. The maximum Gasteiger partial charge on any atom is 0.251 e. The molecule has 1 amide bonds. The highest BCUT2D eigenvalue weighted by Gasteiger charge is 2.33. The second-order valence-corrected chi connectivity index (χ2v) is 4.89. The second-order valence-electron chi connectivity index (χ2n) is 4.89. The summed E-state index contributed by atoms with van der Waals surface area (Å²) in [5.41, 5.74) is 10.9. The second kappa shape index (κ2) is 11.7. The van der Waals surface area contributed by atoms with E-state index in [0.717, 1.165) is 0 Å². The van der Waals surface area contributed by atoms with E-state index in [9.17, 15) is 20.1 Å². The summed E-state index contributed by atoms with van der Waals surface area (Å²) in [5.74, 6) is -0.892. The van der Waals surface area contributed by atoms with Crippen molar-refractivity contribution in [2.24, 2.45) is 11.5 Å². The van der Waals surface area contributed by atoms with Gasteiger partial charge < -0.3 is 42.3 Å². The Kier molecular flexibility index (Phi) is 11.2. The standard InChI is InChI=1S/C12H28N4O6/c13-1-4-16(5-2-14)6-3-15-12(22)11(21)10(20)9(19)8(18)7-17/h8-11,17-21H,1-7,13-14H2,(H,15,22)/t8-,9-,10+,11-/m1/s1. The van der Waals surface area contributed by atoms with Crippen LogP contribution in [0.3, 0.4) is 0 Å². The molecule has 0 heterocycles. The predicted octanol–water partition coefficient (Wildman–Crippen LogP) is -5.24. The van der Waals surface area contributed by atoms with Crippen molar-refractivity contribution in [3.63, 3.8) is 0 Å². The van der Waals surface area contributed by atoms with Gasteiger partial charge in [-0.1, -0.05) is 0 Å². The lowest BCUT2D eigenvalue weighted by Crippen LogP contribution is -2.52. The Hall–Kier alpha value is -0.850. The molecular formula is C12H28N4O6. The van der Waals surface area contributed by atoms with Gasteiger partial charge in [0.1, 0.15) is 18.3 Å². The number of carbonyl (C=O) groups is 1. The summed E-state index contributed by atoms with van der Waals surface area (Å²) in [6.07, 6.45) is -7.32. The number of nitrogens with two attached hydrogens (primary N) is 2. The van der Waals surface area contributed by atoms with E-state index in [1.165, 1.54) is 0 Å². The minimum atomic E-state index is -1.92. The van der Waals surface area contributed by atoms with Crippen molar-refractivity contribution in [2.45, 2.75) is 24.4 Å². The number of hydrogen-bond acceptors (Lipinski definition) is 9. The van der Waals surface area contributed by atoms with Crippen LogP contribution in [-0.2, 0) is 4.79 Å². The predicted molar refractivity (Wildman–Crippen MR) is 78.7 cm³/mol. The molecule has 10 nitrogen and oxygen atoms in total. The van der Waals surface area contributed by atoms with Crippen LogP contribution < -0.4 is 16.8 Å².